The molecule has 1 N–H and O–H groups in total. The molecule has 0 bridgehead atoms. The number of rotatable bonds is 3. The molecule has 0 aliphatic heterocycles. The van der Waals surface area contributed by atoms with Gasteiger partial charge in [-0.3, -0.25) is 10.2 Å². The fourth-order valence-electron chi connectivity index (χ4n) is 1.07. The lowest BCUT2D eigenvalue weighted by Gasteiger charge is -2.13. The van der Waals surface area contributed by atoms with E-state index in [4.69, 9.17) is 4.74 Å². The van der Waals surface area contributed by atoms with E-state index in [9.17, 15) is 4.79 Å². The van der Waals surface area contributed by atoms with Crippen LogP contribution in [0.1, 0.15) is 10.4 Å². The molecule has 1 rings (SSSR count). The normalized spacial score (nSPS) is 10.2. The summed E-state index contributed by atoms with van der Waals surface area (Å²) in [5.74, 6) is 0.480. The van der Waals surface area contributed by atoms with E-state index >= 15 is 0 Å². The first-order valence-corrected chi connectivity index (χ1v) is 5.15. The number of nitrogens with zero attached hydrogens (tertiary/aromatic N) is 1. The molecule has 0 fully saturated rings. The third kappa shape index (κ3) is 3.21. The van der Waals surface area contributed by atoms with E-state index in [1.807, 2.05) is 0 Å². The summed E-state index contributed by atoms with van der Waals surface area (Å²) in [4.78, 5) is 11.7. The monoisotopic (exact) mass is 272 g/mol. The number of benzene rings is 1. The highest BCUT2D eigenvalue weighted by molar-refractivity contribution is 9.10. The minimum absolute atomic E-state index is 0.175. The van der Waals surface area contributed by atoms with E-state index in [1.165, 1.54) is 0 Å². The number of carbonyl (C=O) groups excluding carboxylic acids is 1. The van der Waals surface area contributed by atoms with Crippen LogP contribution in [0, 0.1) is 0 Å². The van der Waals surface area contributed by atoms with Gasteiger partial charge in [-0.05, 0) is 34.1 Å². The number of carbonyl (C=O) groups is 1. The Balaban J connectivity index is 2.96. The van der Waals surface area contributed by atoms with E-state index in [1.54, 1.807) is 44.4 Å². The van der Waals surface area contributed by atoms with E-state index in [2.05, 4.69) is 21.4 Å². The van der Waals surface area contributed by atoms with Gasteiger partial charge in [0.15, 0.2) is 0 Å². The average Bonchev–Trinajstić information content (AvgIpc) is 2.17. The summed E-state index contributed by atoms with van der Waals surface area (Å²) in [5.41, 5.74) is 3.20. The molecular formula is C10H13BrN2O2. The molecule has 0 spiro atoms. The molecule has 0 aromatic heterocycles. The van der Waals surface area contributed by atoms with Crippen LogP contribution in [-0.2, 0) is 0 Å². The van der Waals surface area contributed by atoms with Crippen LogP contribution in [0.2, 0.25) is 0 Å². The highest BCUT2D eigenvalue weighted by Gasteiger charge is 2.11. The minimum atomic E-state index is -0.175. The number of hydrogen-bond acceptors (Lipinski definition) is 3. The van der Waals surface area contributed by atoms with E-state index in [0.29, 0.717) is 11.3 Å². The second-order valence-corrected chi connectivity index (χ2v) is 4.04. The minimum Gasteiger partial charge on any atom is -0.497 e. The topological polar surface area (TPSA) is 41.6 Å². The first-order valence-electron chi connectivity index (χ1n) is 4.36. The number of amides is 1. The Kier molecular flexibility index (Phi) is 4.11. The molecule has 0 radical (unpaired) electrons. The predicted octanol–water partition coefficient (Wildman–Crippen LogP) is 1.66. The lowest BCUT2D eigenvalue weighted by molar-refractivity contribution is 0.0855. The Labute approximate surface area is 97.3 Å². The van der Waals surface area contributed by atoms with Gasteiger partial charge in [0.2, 0.25) is 0 Å². The molecule has 82 valence electrons. The van der Waals surface area contributed by atoms with Crippen molar-refractivity contribution in [3.8, 4) is 5.75 Å². The average molecular weight is 273 g/mol. The Hall–Kier alpha value is -1.07. The molecule has 0 unspecified atom stereocenters. The summed E-state index contributed by atoms with van der Waals surface area (Å²) in [7, 11) is 5.08. The zero-order valence-corrected chi connectivity index (χ0v) is 10.5. The van der Waals surface area contributed by atoms with Gasteiger partial charge in [-0.15, -0.1) is 0 Å². The number of methoxy groups -OCH3 is 1. The van der Waals surface area contributed by atoms with Crippen molar-refractivity contribution in [2.24, 2.45) is 0 Å². The van der Waals surface area contributed by atoms with Crippen LogP contribution in [0.25, 0.3) is 0 Å². The van der Waals surface area contributed by atoms with Gasteiger partial charge in [-0.2, -0.15) is 0 Å². The standard InChI is InChI=1S/C10H13BrN2O2/c1-13(2)12-10(14)8-6-7(15-3)4-5-9(8)11/h4-6H,1-3H3,(H,12,14). The SMILES string of the molecule is COc1ccc(Br)c(C(=O)NN(C)C)c1. The van der Waals surface area contributed by atoms with Gasteiger partial charge in [-0.1, -0.05) is 0 Å². The molecule has 0 saturated heterocycles. The Morgan fingerprint density at radius 3 is 2.67 bits per heavy atom. The molecule has 0 heterocycles. The quantitative estimate of drug-likeness (QED) is 0.852. The van der Waals surface area contributed by atoms with E-state index < -0.39 is 0 Å². The molecule has 1 amide bonds. The molecule has 5 heteroatoms. The summed E-state index contributed by atoms with van der Waals surface area (Å²) in [5, 5.41) is 1.59. The molecule has 1 aromatic rings. The third-order valence-electron chi connectivity index (χ3n) is 1.74. The second-order valence-electron chi connectivity index (χ2n) is 3.18. The second kappa shape index (κ2) is 5.14. The number of hydrazine groups is 1. The molecule has 0 atom stereocenters. The smallest absolute Gasteiger partial charge is 0.266 e. The summed E-state index contributed by atoms with van der Waals surface area (Å²) in [6.07, 6.45) is 0. The van der Waals surface area contributed by atoms with Crippen LogP contribution in [0.3, 0.4) is 0 Å². The zero-order chi connectivity index (χ0) is 11.4. The Morgan fingerprint density at radius 2 is 2.13 bits per heavy atom. The maximum Gasteiger partial charge on any atom is 0.266 e. The number of halogens is 1. The summed E-state index contributed by atoms with van der Waals surface area (Å²) in [6, 6.07) is 5.25. The van der Waals surface area contributed by atoms with Gasteiger partial charge >= 0.3 is 0 Å². The van der Waals surface area contributed by atoms with Crippen LogP contribution in [0.4, 0.5) is 0 Å². The van der Waals surface area contributed by atoms with Crippen molar-refractivity contribution >= 4 is 21.8 Å². The molecule has 4 nitrogen and oxygen atoms in total. The van der Waals surface area contributed by atoms with Crippen molar-refractivity contribution in [2.75, 3.05) is 21.2 Å². The highest BCUT2D eigenvalue weighted by atomic mass is 79.9. The number of nitrogens with one attached hydrogen (secondary N) is 1. The van der Waals surface area contributed by atoms with Crippen molar-refractivity contribution in [1.82, 2.24) is 10.4 Å². The van der Waals surface area contributed by atoms with Crippen LogP contribution in [0.15, 0.2) is 22.7 Å². The first-order chi connectivity index (χ1) is 7.04. The van der Waals surface area contributed by atoms with Gasteiger partial charge in [0.1, 0.15) is 5.75 Å². The van der Waals surface area contributed by atoms with Crippen molar-refractivity contribution in [1.29, 1.82) is 0 Å². The first kappa shape index (κ1) is 12.0. The fraction of sp³-hybridized carbons (Fsp3) is 0.300. The fourth-order valence-corrected chi connectivity index (χ4v) is 1.50. The molecular weight excluding hydrogens is 260 g/mol. The van der Waals surface area contributed by atoms with Gasteiger partial charge in [0.25, 0.3) is 5.91 Å². The third-order valence-corrected chi connectivity index (χ3v) is 2.43. The molecule has 15 heavy (non-hydrogen) atoms. The van der Waals surface area contributed by atoms with Gasteiger partial charge in [0, 0.05) is 18.6 Å². The summed E-state index contributed by atoms with van der Waals surface area (Å²) in [6.45, 7) is 0. The van der Waals surface area contributed by atoms with Crippen molar-refractivity contribution < 1.29 is 9.53 Å². The molecule has 0 aliphatic carbocycles. The van der Waals surface area contributed by atoms with Gasteiger partial charge in [0.05, 0.1) is 12.7 Å². The maximum atomic E-state index is 11.7. The zero-order valence-electron chi connectivity index (χ0n) is 8.87. The predicted molar refractivity (Wildman–Crippen MR) is 61.8 cm³/mol. The summed E-state index contributed by atoms with van der Waals surface area (Å²) < 4.78 is 5.79. The number of ether oxygens (including phenoxy) is 1. The van der Waals surface area contributed by atoms with E-state index in [0.717, 1.165) is 4.47 Å². The Morgan fingerprint density at radius 1 is 1.47 bits per heavy atom. The van der Waals surface area contributed by atoms with Crippen molar-refractivity contribution in [3.05, 3.63) is 28.2 Å². The molecule has 1 aromatic carbocycles. The highest BCUT2D eigenvalue weighted by Crippen LogP contribution is 2.22. The summed E-state index contributed by atoms with van der Waals surface area (Å²) >= 11 is 3.32. The maximum absolute atomic E-state index is 11.7. The lowest BCUT2D eigenvalue weighted by Crippen LogP contribution is -2.36. The molecule has 0 saturated carbocycles. The van der Waals surface area contributed by atoms with E-state index in [-0.39, 0.29) is 5.91 Å². The van der Waals surface area contributed by atoms with Crippen LogP contribution < -0.4 is 10.2 Å². The van der Waals surface area contributed by atoms with Crippen LogP contribution >= 0.6 is 15.9 Å². The van der Waals surface area contributed by atoms with Crippen LogP contribution in [-0.4, -0.2) is 32.1 Å². The van der Waals surface area contributed by atoms with Crippen molar-refractivity contribution in [2.45, 2.75) is 0 Å². The molecule has 0 aliphatic rings. The lowest BCUT2D eigenvalue weighted by atomic mass is 10.2. The largest absolute Gasteiger partial charge is 0.497 e. The van der Waals surface area contributed by atoms with Crippen LogP contribution in [0.5, 0.6) is 5.75 Å². The van der Waals surface area contributed by atoms with Gasteiger partial charge in [-0.25, -0.2) is 5.01 Å². The number of hydrogen-bond donors (Lipinski definition) is 1. The van der Waals surface area contributed by atoms with Crippen molar-refractivity contribution in [3.63, 3.8) is 0 Å². The van der Waals surface area contributed by atoms with Gasteiger partial charge < -0.3 is 4.74 Å². The Bertz CT molecular complexity index is 366.